The first-order valence-electron chi connectivity index (χ1n) is 41.6. The summed E-state index contributed by atoms with van der Waals surface area (Å²) in [7, 11) is 0. The van der Waals surface area contributed by atoms with E-state index in [9.17, 15) is 0 Å². The van der Waals surface area contributed by atoms with Crippen molar-refractivity contribution in [3.8, 4) is 22.3 Å². The van der Waals surface area contributed by atoms with Crippen molar-refractivity contribution in [2.45, 2.75) is 87.0 Å². The van der Waals surface area contributed by atoms with Crippen LogP contribution in [0.2, 0.25) is 0 Å². The molecule has 22 rings (SSSR count). The number of rotatable bonds is 16. The number of fused-ring (bicyclic) bond motifs is 22. The van der Waals surface area contributed by atoms with Crippen molar-refractivity contribution in [1.82, 2.24) is 18.3 Å². The third-order valence-electron chi connectivity index (χ3n) is 25.6. The van der Waals surface area contributed by atoms with Gasteiger partial charge in [0.25, 0.3) is 0 Å². The van der Waals surface area contributed by atoms with Crippen LogP contribution in [0.4, 0.5) is 68.2 Å². The second-order valence-electron chi connectivity index (χ2n) is 32.2. The van der Waals surface area contributed by atoms with E-state index in [1.807, 2.05) is 0 Å². The molecule has 0 unspecified atom stereocenters. The third-order valence-corrected chi connectivity index (χ3v) is 25.6. The molecule has 0 amide bonds. The Bertz CT molecular complexity index is 6550. The maximum absolute atomic E-state index is 2.58. The zero-order valence-electron chi connectivity index (χ0n) is 67.2. The summed E-state index contributed by atoms with van der Waals surface area (Å²) >= 11 is 0. The second-order valence-corrected chi connectivity index (χ2v) is 32.2. The second kappa shape index (κ2) is 27.0. The summed E-state index contributed by atoms with van der Waals surface area (Å²) in [4.78, 5) is 10.0. The average molecular weight is 1510 g/mol. The van der Waals surface area contributed by atoms with E-state index in [-0.39, 0.29) is 0 Å². The van der Waals surface area contributed by atoms with E-state index in [0.717, 1.165) is 94.4 Å². The molecule has 4 heterocycles. The number of benzene rings is 16. The lowest BCUT2D eigenvalue weighted by molar-refractivity contribution is 0.793. The Balaban J connectivity index is 0.845. The normalized spacial score (nSPS) is 12.6. The molecule has 0 atom stereocenters. The molecular formula is C109H88N8. The molecule has 0 saturated carbocycles. The molecule has 2 aliphatic carbocycles. The predicted molar refractivity (Wildman–Crippen MR) is 495 cm³/mol. The average Bonchev–Trinajstić information content (AvgIpc) is 1.50. The molecule has 1 spiro atoms. The number of hydrogen-bond donors (Lipinski definition) is 0. The van der Waals surface area contributed by atoms with E-state index >= 15 is 0 Å². The highest BCUT2D eigenvalue weighted by Crippen LogP contribution is 2.66. The highest BCUT2D eigenvalue weighted by Gasteiger charge is 2.53. The number of hydrogen-bond acceptors (Lipinski definition) is 4. The molecular weight excluding hydrogens is 1420 g/mol. The molecule has 0 aliphatic heterocycles. The highest BCUT2D eigenvalue weighted by molar-refractivity contribution is 6.14. The Kier molecular flexibility index (Phi) is 16.1. The van der Waals surface area contributed by atoms with Crippen molar-refractivity contribution < 1.29 is 0 Å². The quantitative estimate of drug-likeness (QED) is 0.0965. The fourth-order valence-electron chi connectivity index (χ4n) is 20.5. The van der Waals surface area contributed by atoms with Gasteiger partial charge in [-0.3, -0.25) is 0 Å². The zero-order valence-corrected chi connectivity index (χ0v) is 67.2. The van der Waals surface area contributed by atoms with Crippen LogP contribution in [0.1, 0.15) is 72.2 Å². The van der Waals surface area contributed by atoms with E-state index < -0.39 is 5.41 Å². The van der Waals surface area contributed by atoms with Gasteiger partial charge in [0.1, 0.15) is 0 Å². The Morgan fingerprint density at radius 1 is 0.188 bits per heavy atom. The largest absolute Gasteiger partial charge is 0.341 e. The van der Waals surface area contributed by atoms with Crippen LogP contribution < -0.4 is 19.6 Å². The van der Waals surface area contributed by atoms with Crippen LogP contribution in [-0.4, -0.2) is 18.3 Å². The molecule has 0 bridgehead atoms. The van der Waals surface area contributed by atoms with Gasteiger partial charge in [-0.15, -0.1) is 0 Å². The van der Waals surface area contributed by atoms with Gasteiger partial charge in [-0.1, -0.05) is 170 Å². The fourth-order valence-corrected chi connectivity index (χ4v) is 20.5. The topological polar surface area (TPSA) is 32.7 Å². The number of anilines is 12. The predicted octanol–water partition coefficient (Wildman–Crippen LogP) is 29.7. The van der Waals surface area contributed by atoms with Crippen molar-refractivity contribution in [1.29, 1.82) is 0 Å². The van der Waals surface area contributed by atoms with Gasteiger partial charge in [0.05, 0.1) is 27.5 Å². The van der Waals surface area contributed by atoms with Crippen LogP contribution in [0.25, 0.3) is 109 Å². The fraction of sp³-hybridized carbons (Fsp3) is 0.119. The van der Waals surface area contributed by atoms with Gasteiger partial charge in [-0.2, -0.15) is 0 Å². The summed E-state index contributed by atoms with van der Waals surface area (Å²) < 4.78 is 10.0. The number of para-hydroxylation sites is 4. The number of nitrogens with zero attached hydrogens (tertiary/aromatic N) is 8. The summed E-state index contributed by atoms with van der Waals surface area (Å²) in [5.41, 5.74) is 36.4. The molecule has 2 aliphatic rings. The maximum Gasteiger partial charge on any atom is 0.0728 e. The van der Waals surface area contributed by atoms with Gasteiger partial charge >= 0.3 is 0 Å². The van der Waals surface area contributed by atoms with Crippen molar-refractivity contribution in [3.05, 3.63) is 384 Å². The Morgan fingerprint density at radius 2 is 0.368 bits per heavy atom. The molecule has 564 valence electrons. The van der Waals surface area contributed by atoms with Gasteiger partial charge < -0.3 is 37.9 Å². The zero-order chi connectivity index (χ0) is 78.6. The summed E-state index contributed by atoms with van der Waals surface area (Å²) in [6.45, 7) is 21.3. The van der Waals surface area contributed by atoms with E-state index in [4.69, 9.17) is 0 Å². The summed E-state index contributed by atoms with van der Waals surface area (Å²) in [6, 6.07) is 130. The van der Waals surface area contributed by atoms with Crippen LogP contribution in [0.3, 0.4) is 0 Å². The summed E-state index contributed by atoms with van der Waals surface area (Å²) in [5.74, 6) is 0. The first kappa shape index (κ1) is 69.6. The van der Waals surface area contributed by atoms with Crippen molar-refractivity contribution in [2.75, 3.05) is 19.6 Å². The van der Waals surface area contributed by atoms with Gasteiger partial charge in [0.2, 0.25) is 0 Å². The maximum atomic E-state index is 2.58. The standard InChI is InChI=1S/C109H88N8/c1-9-110-101-57-69(5)33-45-89(101)93-53-41-81(65-105(93)110)114(73-25-17-13-18-26-73)77-37-49-85-86-50-38-78(115(74-27-19-14-20-28-74)82-42-54-94-90-46-34-70(6)58-102(90)111(10-2)106(94)66-82)62-98(86)109(97(85)61-77)99-63-79(116(75-29-21-15-22-30-75)83-43-55-95-91-47-35-71(7)59-103(91)112(11-3)107(95)67-83)39-51-87(99)88-52-40-80(64-100(88)109)117(76-31-23-16-24-32-76)84-44-56-96-92-48-36-72(8)60-104(92)113(12-4)108(96)68-84/h13-68H,9-12H2,1-8H3. The molecule has 8 heteroatoms. The molecule has 117 heavy (non-hydrogen) atoms. The lowest BCUT2D eigenvalue weighted by Gasteiger charge is -2.35. The van der Waals surface area contributed by atoms with E-state index in [2.05, 4.69) is 433 Å². The molecule has 4 aromatic heterocycles. The first-order valence-corrected chi connectivity index (χ1v) is 41.6. The lowest BCUT2D eigenvalue weighted by atomic mass is 9.70. The summed E-state index contributed by atoms with van der Waals surface area (Å²) in [5, 5.41) is 10.1. The number of aryl methyl sites for hydroxylation is 8. The Labute approximate surface area is 682 Å². The smallest absolute Gasteiger partial charge is 0.0728 e. The van der Waals surface area contributed by atoms with E-state index in [1.165, 1.54) is 154 Å². The van der Waals surface area contributed by atoms with Crippen LogP contribution in [0.15, 0.2) is 340 Å². The minimum atomic E-state index is -0.984. The molecule has 0 fully saturated rings. The van der Waals surface area contributed by atoms with Crippen LogP contribution in [-0.2, 0) is 31.6 Å². The van der Waals surface area contributed by atoms with Crippen LogP contribution >= 0.6 is 0 Å². The monoisotopic (exact) mass is 1510 g/mol. The van der Waals surface area contributed by atoms with Crippen LogP contribution in [0, 0.1) is 27.7 Å². The lowest BCUT2D eigenvalue weighted by Crippen LogP contribution is -2.27. The summed E-state index contributed by atoms with van der Waals surface area (Å²) in [6.07, 6.45) is 0. The van der Waals surface area contributed by atoms with Crippen molar-refractivity contribution in [2.24, 2.45) is 0 Å². The molecule has 0 saturated heterocycles. The Hall–Kier alpha value is -14.1. The van der Waals surface area contributed by atoms with Gasteiger partial charge in [-0.05, 0) is 292 Å². The highest BCUT2D eigenvalue weighted by atomic mass is 15.2. The molecule has 0 radical (unpaired) electrons. The molecule has 16 aromatic carbocycles. The van der Waals surface area contributed by atoms with Gasteiger partial charge in [-0.25, -0.2) is 0 Å². The minimum absolute atomic E-state index is 0.834. The van der Waals surface area contributed by atoms with Crippen molar-refractivity contribution >= 4 is 155 Å². The first-order chi connectivity index (χ1) is 57.5. The van der Waals surface area contributed by atoms with E-state index in [1.54, 1.807) is 0 Å². The van der Waals surface area contributed by atoms with Crippen LogP contribution in [0.5, 0.6) is 0 Å². The molecule has 0 N–H and O–H groups in total. The third kappa shape index (κ3) is 10.6. The SMILES string of the molecule is CCn1c2cc(C)ccc2c2ccc(N(c3ccccc3)c3ccc4c(c3)C3(c5cc(N(c6ccccc6)c6ccc7c8ccc(C)cc8n(CC)c7c6)ccc5-4)c4cc(N(c5ccccc5)c5ccc6c7ccc(C)cc7n(CC)c6c5)ccc4-c4ccc(N(c5ccccc5)c5ccc6c7ccc(C)cc7n(CC)c6c5)cc43)cc21. The van der Waals surface area contributed by atoms with Gasteiger partial charge in [0, 0.05) is 160 Å². The molecule has 8 nitrogen and oxygen atoms in total. The Morgan fingerprint density at radius 3 is 0.573 bits per heavy atom. The number of aromatic nitrogens is 4. The van der Waals surface area contributed by atoms with Gasteiger partial charge in [0.15, 0.2) is 0 Å². The minimum Gasteiger partial charge on any atom is -0.341 e. The van der Waals surface area contributed by atoms with Crippen molar-refractivity contribution in [3.63, 3.8) is 0 Å². The van der Waals surface area contributed by atoms with E-state index in [0.29, 0.717) is 0 Å². The molecule has 20 aromatic rings.